The van der Waals surface area contributed by atoms with Crippen LogP contribution in [0.15, 0.2) is 0 Å². The van der Waals surface area contributed by atoms with Crippen LogP contribution in [0.2, 0.25) is 0 Å². The fourth-order valence-electron chi connectivity index (χ4n) is 1.65. The van der Waals surface area contributed by atoms with Crippen LogP contribution in [0.1, 0.15) is 13.8 Å². The molecule has 0 fully saturated rings. The minimum Gasteiger partial charge on any atom is -0.390 e. The normalized spacial score (nSPS) is 15.2. The highest BCUT2D eigenvalue weighted by atomic mass is 16.5. The molecule has 0 aromatic heterocycles. The van der Waals surface area contributed by atoms with Gasteiger partial charge in [-0.05, 0) is 13.1 Å². The predicted octanol–water partition coefficient (Wildman–Crippen LogP) is -0.0599. The van der Waals surface area contributed by atoms with E-state index in [9.17, 15) is 5.11 Å². The number of nitrogens with one attached hydrogen (secondary N) is 1. The Labute approximate surface area is 105 Å². The molecule has 0 aliphatic carbocycles. The van der Waals surface area contributed by atoms with Gasteiger partial charge in [0.2, 0.25) is 0 Å². The highest BCUT2D eigenvalue weighted by molar-refractivity contribution is 4.67. The first kappa shape index (κ1) is 16.8. The van der Waals surface area contributed by atoms with E-state index in [1.54, 1.807) is 14.2 Å². The summed E-state index contributed by atoms with van der Waals surface area (Å²) in [6, 6.07) is 0. The van der Waals surface area contributed by atoms with E-state index in [0.29, 0.717) is 26.2 Å². The van der Waals surface area contributed by atoms with Crippen molar-refractivity contribution in [3.63, 3.8) is 0 Å². The van der Waals surface area contributed by atoms with Crippen molar-refractivity contribution in [3.8, 4) is 0 Å². The van der Waals surface area contributed by atoms with Gasteiger partial charge in [-0.2, -0.15) is 0 Å². The maximum atomic E-state index is 9.82. The number of aliphatic hydroxyl groups is 1. The Kier molecular flexibility index (Phi) is 10.8. The van der Waals surface area contributed by atoms with Crippen LogP contribution in [0.5, 0.6) is 0 Å². The lowest BCUT2D eigenvalue weighted by molar-refractivity contribution is 0.0261. The Hall–Kier alpha value is -0.200. The lowest BCUT2D eigenvalue weighted by Gasteiger charge is -2.23. The summed E-state index contributed by atoms with van der Waals surface area (Å²) in [7, 11) is 3.32. The molecule has 0 saturated heterocycles. The van der Waals surface area contributed by atoms with E-state index in [2.05, 4.69) is 24.1 Å². The summed E-state index contributed by atoms with van der Waals surface area (Å²) < 4.78 is 10.2. The average Bonchev–Trinajstić information content (AvgIpc) is 2.34. The van der Waals surface area contributed by atoms with Gasteiger partial charge in [-0.15, -0.1) is 0 Å². The molecule has 0 aliphatic rings. The second-order valence-corrected chi connectivity index (χ2v) is 4.11. The summed E-state index contributed by atoms with van der Waals surface area (Å²) in [4.78, 5) is 2.20. The summed E-state index contributed by atoms with van der Waals surface area (Å²) in [5.74, 6) is 0. The van der Waals surface area contributed by atoms with Crippen LogP contribution in [0, 0.1) is 0 Å². The molecule has 5 heteroatoms. The van der Waals surface area contributed by atoms with Gasteiger partial charge in [0.15, 0.2) is 0 Å². The lowest BCUT2D eigenvalue weighted by Crippen LogP contribution is -2.41. The Bertz CT molecular complexity index is 166. The van der Waals surface area contributed by atoms with Gasteiger partial charge in [0.1, 0.15) is 0 Å². The molecule has 0 rings (SSSR count). The van der Waals surface area contributed by atoms with Crippen molar-refractivity contribution < 1.29 is 14.6 Å². The smallest absolute Gasteiger partial charge is 0.0928 e. The van der Waals surface area contributed by atoms with Gasteiger partial charge in [-0.25, -0.2) is 0 Å². The molecular weight excluding hydrogens is 220 g/mol. The third-order valence-electron chi connectivity index (χ3n) is 2.80. The molecule has 2 atom stereocenters. The highest BCUT2D eigenvalue weighted by Crippen LogP contribution is 1.92. The highest BCUT2D eigenvalue weighted by Gasteiger charge is 2.10. The van der Waals surface area contributed by atoms with Crippen molar-refractivity contribution in [1.29, 1.82) is 0 Å². The second kappa shape index (κ2) is 10.9. The number of aliphatic hydroxyl groups excluding tert-OH is 1. The van der Waals surface area contributed by atoms with E-state index < -0.39 is 0 Å². The molecule has 0 amide bonds. The van der Waals surface area contributed by atoms with Crippen molar-refractivity contribution in [2.45, 2.75) is 26.1 Å². The molecule has 104 valence electrons. The van der Waals surface area contributed by atoms with Gasteiger partial charge in [-0.3, -0.25) is 0 Å². The SMILES string of the molecule is CCN(CC)CC(O)CNCC(COC)OC. The molecule has 17 heavy (non-hydrogen) atoms. The summed E-state index contributed by atoms with van der Waals surface area (Å²) >= 11 is 0. The van der Waals surface area contributed by atoms with E-state index in [1.807, 2.05) is 0 Å². The number of rotatable bonds is 11. The first-order valence-corrected chi connectivity index (χ1v) is 6.30. The maximum Gasteiger partial charge on any atom is 0.0928 e. The van der Waals surface area contributed by atoms with Crippen LogP contribution in [0.4, 0.5) is 0 Å². The fourth-order valence-corrected chi connectivity index (χ4v) is 1.65. The van der Waals surface area contributed by atoms with Crippen LogP contribution in [0.3, 0.4) is 0 Å². The second-order valence-electron chi connectivity index (χ2n) is 4.11. The summed E-state index contributed by atoms with van der Waals surface area (Å²) in [5.41, 5.74) is 0. The van der Waals surface area contributed by atoms with E-state index in [0.717, 1.165) is 13.1 Å². The number of likely N-dealkylation sites (N-methyl/N-ethyl adjacent to an activating group) is 1. The number of nitrogens with zero attached hydrogens (tertiary/aromatic N) is 1. The van der Waals surface area contributed by atoms with Crippen molar-refractivity contribution >= 4 is 0 Å². The van der Waals surface area contributed by atoms with Crippen molar-refractivity contribution in [3.05, 3.63) is 0 Å². The number of hydrogen-bond donors (Lipinski definition) is 2. The maximum absolute atomic E-state index is 9.82. The molecule has 0 radical (unpaired) electrons. The van der Waals surface area contributed by atoms with Gasteiger partial charge in [0, 0.05) is 33.9 Å². The van der Waals surface area contributed by atoms with Crippen LogP contribution in [-0.2, 0) is 9.47 Å². The summed E-state index contributed by atoms with van der Waals surface area (Å²) in [5, 5.41) is 13.0. The molecule has 0 aromatic rings. The molecule has 0 aromatic carbocycles. The minimum absolute atomic E-state index is 0.0423. The molecular formula is C12H28N2O3. The lowest BCUT2D eigenvalue weighted by atomic mass is 10.3. The van der Waals surface area contributed by atoms with E-state index in [-0.39, 0.29) is 12.2 Å². The zero-order chi connectivity index (χ0) is 13.1. The van der Waals surface area contributed by atoms with Gasteiger partial charge >= 0.3 is 0 Å². The molecule has 2 unspecified atom stereocenters. The number of ether oxygens (including phenoxy) is 2. The molecule has 0 heterocycles. The third-order valence-corrected chi connectivity index (χ3v) is 2.80. The van der Waals surface area contributed by atoms with Crippen LogP contribution < -0.4 is 5.32 Å². The Morgan fingerprint density at radius 1 is 1.18 bits per heavy atom. The van der Waals surface area contributed by atoms with Gasteiger partial charge in [0.25, 0.3) is 0 Å². The zero-order valence-corrected chi connectivity index (χ0v) is 11.6. The van der Waals surface area contributed by atoms with E-state index in [4.69, 9.17) is 9.47 Å². The van der Waals surface area contributed by atoms with Crippen molar-refractivity contribution in [2.24, 2.45) is 0 Å². The molecule has 0 aliphatic heterocycles. The summed E-state index contributed by atoms with van der Waals surface area (Å²) in [6.45, 7) is 8.69. The molecule has 0 spiro atoms. The minimum atomic E-state index is -0.338. The number of methoxy groups -OCH3 is 2. The largest absolute Gasteiger partial charge is 0.390 e. The standard InChI is InChI=1S/C12H28N2O3/c1-5-14(6-2)9-11(15)7-13-8-12(17-4)10-16-3/h11-13,15H,5-10H2,1-4H3. The third kappa shape index (κ3) is 8.51. The zero-order valence-electron chi connectivity index (χ0n) is 11.6. The van der Waals surface area contributed by atoms with Crippen LogP contribution >= 0.6 is 0 Å². The topological polar surface area (TPSA) is 54.0 Å². The Morgan fingerprint density at radius 3 is 2.29 bits per heavy atom. The molecule has 0 saturated carbocycles. The van der Waals surface area contributed by atoms with Crippen molar-refractivity contribution in [2.75, 3.05) is 53.6 Å². The van der Waals surface area contributed by atoms with E-state index in [1.165, 1.54) is 0 Å². The molecule has 5 nitrogen and oxygen atoms in total. The first-order valence-electron chi connectivity index (χ1n) is 6.30. The quantitative estimate of drug-likeness (QED) is 0.536. The van der Waals surface area contributed by atoms with Crippen molar-refractivity contribution in [1.82, 2.24) is 10.2 Å². The van der Waals surface area contributed by atoms with Gasteiger partial charge in [-0.1, -0.05) is 13.8 Å². The van der Waals surface area contributed by atoms with E-state index >= 15 is 0 Å². The average molecular weight is 248 g/mol. The predicted molar refractivity (Wildman–Crippen MR) is 69.3 cm³/mol. The number of hydrogen-bond acceptors (Lipinski definition) is 5. The van der Waals surface area contributed by atoms with Gasteiger partial charge < -0.3 is 24.8 Å². The molecule has 0 bridgehead atoms. The fraction of sp³-hybridized carbons (Fsp3) is 1.00. The van der Waals surface area contributed by atoms with Gasteiger partial charge in [0.05, 0.1) is 18.8 Å². The first-order chi connectivity index (χ1) is 8.17. The van der Waals surface area contributed by atoms with Crippen LogP contribution in [-0.4, -0.2) is 75.8 Å². The monoisotopic (exact) mass is 248 g/mol. The Morgan fingerprint density at radius 2 is 1.82 bits per heavy atom. The van der Waals surface area contributed by atoms with Crippen LogP contribution in [0.25, 0.3) is 0 Å². The molecule has 2 N–H and O–H groups in total. The summed E-state index contributed by atoms with van der Waals surface area (Å²) in [6.07, 6.45) is -0.296. The Balaban J connectivity index is 3.65.